The van der Waals surface area contributed by atoms with E-state index in [1.54, 1.807) is 0 Å². The summed E-state index contributed by atoms with van der Waals surface area (Å²) in [5, 5.41) is 0. The van der Waals surface area contributed by atoms with Crippen molar-refractivity contribution < 1.29 is 28.6 Å². The molecule has 0 aromatic carbocycles. The molecule has 0 heterocycles. The minimum atomic E-state index is -0.818. The Balaban J connectivity index is 4.55. The Labute approximate surface area is 412 Å². The lowest BCUT2D eigenvalue weighted by Crippen LogP contribution is -2.30. The molecule has 0 unspecified atom stereocenters. The molecule has 0 amide bonds. The van der Waals surface area contributed by atoms with Crippen LogP contribution in [0.1, 0.15) is 226 Å². The fourth-order valence-corrected chi connectivity index (χ4v) is 6.86. The highest BCUT2D eigenvalue weighted by molar-refractivity contribution is 5.71. The van der Waals surface area contributed by atoms with Crippen LogP contribution in [0.25, 0.3) is 0 Å². The summed E-state index contributed by atoms with van der Waals surface area (Å²) in [5.41, 5.74) is 0. The van der Waals surface area contributed by atoms with Crippen molar-refractivity contribution in [3.8, 4) is 0 Å². The van der Waals surface area contributed by atoms with Gasteiger partial charge in [-0.2, -0.15) is 0 Å². The monoisotopic (exact) mass is 927 g/mol. The molecular weight excluding hydrogens is 829 g/mol. The molecule has 0 N–H and O–H groups in total. The fourth-order valence-electron chi connectivity index (χ4n) is 6.86. The van der Waals surface area contributed by atoms with Gasteiger partial charge in [0.05, 0.1) is 0 Å². The lowest BCUT2D eigenvalue weighted by molar-refractivity contribution is -0.167. The number of unbranched alkanes of at least 4 members (excludes halogenated alkanes) is 16. The van der Waals surface area contributed by atoms with Crippen molar-refractivity contribution in [3.05, 3.63) is 122 Å². The Hall–Kier alpha value is -4.19. The van der Waals surface area contributed by atoms with Gasteiger partial charge in [-0.15, -0.1) is 0 Å². The normalized spacial score (nSPS) is 13.1. The van der Waals surface area contributed by atoms with Crippen LogP contribution in [0.3, 0.4) is 0 Å². The summed E-state index contributed by atoms with van der Waals surface area (Å²) in [6, 6.07) is 0. The third-order valence-electron chi connectivity index (χ3n) is 10.9. The summed E-state index contributed by atoms with van der Waals surface area (Å²) < 4.78 is 16.8. The van der Waals surface area contributed by atoms with E-state index < -0.39 is 6.10 Å². The summed E-state index contributed by atoms with van der Waals surface area (Å²) in [6.07, 6.45) is 74.6. The minimum Gasteiger partial charge on any atom is -0.462 e. The molecule has 0 bridgehead atoms. The Bertz CT molecular complexity index is 1440. The molecule has 0 saturated heterocycles. The van der Waals surface area contributed by atoms with Gasteiger partial charge < -0.3 is 14.2 Å². The molecule has 0 aliphatic rings. The summed E-state index contributed by atoms with van der Waals surface area (Å²) >= 11 is 0. The van der Waals surface area contributed by atoms with Crippen molar-refractivity contribution in [2.24, 2.45) is 0 Å². The Morgan fingerprint density at radius 2 is 0.582 bits per heavy atom. The lowest BCUT2D eigenvalue weighted by atomic mass is 10.1. The van der Waals surface area contributed by atoms with E-state index >= 15 is 0 Å². The van der Waals surface area contributed by atoms with E-state index in [9.17, 15) is 14.4 Å². The van der Waals surface area contributed by atoms with Crippen LogP contribution in [0, 0.1) is 0 Å². The summed E-state index contributed by atoms with van der Waals surface area (Å²) in [5.74, 6) is -1.00. The highest BCUT2D eigenvalue weighted by atomic mass is 16.6. The third-order valence-corrected chi connectivity index (χ3v) is 10.9. The first-order valence-electron chi connectivity index (χ1n) is 27.0. The smallest absolute Gasteiger partial charge is 0.306 e. The van der Waals surface area contributed by atoms with Crippen molar-refractivity contribution >= 4 is 17.9 Å². The second-order valence-electron chi connectivity index (χ2n) is 17.4. The average Bonchev–Trinajstić information content (AvgIpc) is 3.33. The summed E-state index contributed by atoms with van der Waals surface area (Å²) in [7, 11) is 0. The molecule has 0 saturated carbocycles. The second-order valence-corrected chi connectivity index (χ2v) is 17.4. The van der Waals surface area contributed by atoms with Crippen LogP contribution in [0.4, 0.5) is 0 Å². The molecule has 67 heavy (non-hydrogen) atoms. The zero-order chi connectivity index (χ0) is 48.6. The van der Waals surface area contributed by atoms with Crippen LogP contribution in [-0.4, -0.2) is 37.2 Å². The van der Waals surface area contributed by atoms with Crippen molar-refractivity contribution in [1.82, 2.24) is 0 Å². The molecular formula is C61H98O6. The molecule has 0 spiro atoms. The molecule has 378 valence electrons. The van der Waals surface area contributed by atoms with E-state index in [1.165, 1.54) is 51.4 Å². The molecule has 1 atom stereocenters. The number of hydrogen-bond acceptors (Lipinski definition) is 6. The molecule has 6 nitrogen and oxygen atoms in total. The van der Waals surface area contributed by atoms with Gasteiger partial charge >= 0.3 is 17.9 Å². The van der Waals surface area contributed by atoms with E-state index in [1.807, 2.05) is 0 Å². The number of carbonyl (C=O) groups is 3. The van der Waals surface area contributed by atoms with Gasteiger partial charge in [-0.05, 0) is 135 Å². The Morgan fingerprint density at radius 3 is 0.955 bits per heavy atom. The zero-order valence-corrected chi connectivity index (χ0v) is 43.1. The molecule has 0 aromatic heterocycles. The highest BCUT2D eigenvalue weighted by Crippen LogP contribution is 2.12. The lowest BCUT2D eigenvalue weighted by Gasteiger charge is -2.18. The molecule has 0 fully saturated rings. The predicted octanol–water partition coefficient (Wildman–Crippen LogP) is 18.1. The van der Waals surface area contributed by atoms with Gasteiger partial charge in [-0.1, -0.05) is 194 Å². The van der Waals surface area contributed by atoms with Crippen molar-refractivity contribution in [1.29, 1.82) is 0 Å². The maximum atomic E-state index is 12.8. The molecule has 0 aromatic rings. The van der Waals surface area contributed by atoms with E-state index in [0.717, 1.165) is 135 Å². The van der Waals surface area contributed by atoms with Crippen molar-refractivity contribution in [3.63, 3.8) is 0 Å². The molecule has 0 aliphatic heterocycles. The van der Waals surface area contributed by atoms with Crippen LogP contribution in [0.2, 0.25) is 0 Å². The van der Waals surface area contributed by atoms with Crippen LogP contribution < -0.4 is 0 Å². The summed E-state index contributed by atoms with van der Waals surface area (Å²) in [6.45, 7) is 6.38. The molecule has 6 heteroatoms. The average molecular weight is 927 g/mol. The van der Waals surface area contributed by atoms with Gasteiger partial charge in [-0.3, -0.25) is 14.4 Å². The SMILES string of the molecule is CC/C=C\C/C=C\C/C=C\C/C=C\C/C=C\CCCCCC(=O)OC[C@H](COC(=O)CCCC/C=C\C/C=C\C/C=C\CCCCC)OC(=O)CCCCCCC/C=C\C/C=C\CCCCC. The standard InChI is InChI=1S/C61H98O6/c1-4-7-10-13-16-19-22-25-28-29-30-31-34-36-39-42-45-48-51-54-60(63)66-57-58(67-61(64)55-52-49-46-43-40-37-33-27-24-21-18-15-12-9-6-3)56-65-59(62)53-50-47-44-41-38-35-32-26-23-20-17-14-11-8-5-2/h7,10,16-21,25-28,30-33,36,38-39,41,58H,4-6,8-9,11-15,22-24,29,34-35,37,40,42-57H2,1-3H3/b10-7-,19-16-,20-17-,21-18-,28-25-,31-30-,32-26-,33-27-,39-36-,41-38-/t58-/m0/s1. The van der Waals surface area contributed by atoms with Gasteiger partial charge in [0.25, 0.3) is 0 Å². The van der Waals surface area contributed by atoms with Crippen LogP contribution in [0.15, 0.2) is 122 Å². The number of allylic oxidation sites excluding steroid dienone is 20. The van der Waals surface area contributed by atoms with Gasteiger partial charge in [-0.25, -0.2) is 0 Å². The van der Waals surface area contributed by atoms with E-state index in [0.29, 0.717) is 19.3 Å². The van der Waals surface area contributed by atoms with E-state index in [-0.39, 0.29) is 31.1 Å². The van der Waals surface area contributed by atoms with E-state index in [4.69, 9.17) is 14.2 Å². The van der Waals surface area contributed by atoms with Gasteiger partial charge in [0.1, 0.15) is 13.2 Å². The second kappa shape index (κ2) is 54.4. The topological polar surface area (TPSA) is 78.9 Å². The quantitative estimate of drug-likeness (QED) is 0.0262. The molecule has 0 aliphatic carbocycles. The van der Waals surface area contributed by atoms with Gasteiger partial charge in [0.15, 0.2) is 6.10 Å². The maximum Gasteiger partial charge on any atom is 0.306 e. The molecule has 0 rings (SSSR count). The van der Waals surface area contributed by atoms with Gasteiger partial charge in [0, 0.05) is 19.3 Å². The Morgan fingerprint density at radius 1 is 0.313 bits per heavy atom. The van der Waals surface area contributed by atoms with Crippen LogP contribution in [0.5, 0.6) is 0 Å². The minimum absolute atomic E-state index is 0.117. The van der Waals surface area contributed by atoms with E-state index in [2.05, 4.69) is 142 Å². The van der Waals surface area contributed by atoms with Gasteiger partial charge in [0.2, 0.25) is 0 Å². The number of hydrogen-bond donors (Lipinski definition) is 0. The predicted molar refractivity (Wildman–Crippen MR) is 288 cm³/mol. The van der Waals surface area contributed by atoms with Crippen LogP contribution in [-0.2, 0) is 28.6 Å². The zero-order valence-electron chi connectivity index (χ0n) is 43.1. The first kappa shape index (κ1) is 62.8. The Kier molecular flexibility index (Phi) is 51.0. The van der Waals surface area contributed by atoms with Crippen molar-refractivity contribution in [2.45, 2.75) is 232 Å². The third kappa shape index (κ3) is 52.6. The fraction of sp³-hybridized carbons (Fsp3) is 0.623. The van der Waals surface area contributed by atoms with Crippen LogP contribution >= 0.6 is 0 Å². The number of esters is 3. The first-order chi connectivity index (χ1) is 33.0. The molecule has 0 radical (unpaired) electrons. The number of rotatable bonds is 47. The first-order valence-corrected chi connectivity index (χ1v) is 27.0. The highest BCUT2D eigenvalue weighted by Gasteiger charge is 2.19. The maximum absolute atomic E-state index is 12.8. The number of ether oxygens (including phenoxy) is 3. The largest absolute Gasteiger partial charge is 0.462 e. The summed E-state index contributed by atoms with van der Waals surface area (Å²) in [4.78, 5) is 38.1. The number of carbonyl (C=O) groups excluding carboxylic acids is 3. The van der Waals surface area contributed by atoms with Crippen molar-refractivity contribution in [2.75, 3.05) is 13.2 Å².